The lowest BCUT2D eigenvalue weighted by Gasteiger charge is -2.30. The van der Waals surface area contributed by atoms with Crippen LogP contribution in [0.25, 0.3) is 0 Å². The Labute approximate surface area is 104 Å². The van der Waals surface area contributed by atoms with Crippen LogP contribution < -0.4 is 5.32 Å². The summed E-state index contributed by atoms with van der Waals surface area (Å²) < 4.78 is 11.4. The molecule has 4 heteroatoms. The topological polar surface area (TPSA) is 30.5 Å². The Balaban J connectivity index is 2.28. The highest BCUT2D eigenvalue weighted by Crippen LogP contribution is 2.15. The molecule has 2 atom stereocenters. The number of ether oxygens (including phenoxy) is 2. The van der Waals surface area contributed by atoms with E-state index < -0.39 is 0 Å². The van der Waals surface area contributed by atoms with Crippen molar-refractivity contribution in [2.24, 2.45) is 0 Å². The zero-order valence-corrected chi connectivity index (χ0v) is 11.4. The Bertz CT molecular complexity index is 163. The maximum absolute atomic E-state index is 5.80. The van der Waals surface area contributed by atoms with Gasteiger partial charge < -0.3 is 14.8 Å². The summed E-state index contributed by atoms with van der Waals surface area (Å²) in [6, 6.07) is 0.360. The second-order valence-electron chi connectivity index (χ2n) is 4.12. The Morgan fingerprint density at radius 2 is 2.31 bits per heavy atom. The van der Waals surface area contributed by atoms with Gasteiger partial charge in [0.2, 0.25) is 0 Å². The van der Waals surface area contributed by atoms with E-state index in [4.69, 9.17) is 9.47 Å². The predicted molar refractivity (Wildman–Crippen MR) is 70.3 cm³/mol. The lowest BCUT2D eigenvalue weighted by atomic mass is 10.2. The molecule has 0 spiro atoms. The molecule has 96 valence electrons. The number of rotatable bonds is 8. The minimum Gasteiger partial charge on any atom is -0.380 e. The highest BCUT2D eigenvalue weighted by Gasteiger charge is 2.24. The Morgan fingerprint density at radius 1 is 1.44 bits per heavy atom. The fraction of sp³-hybridized carbons (Fsp3) is 1.00. The van der Waals surface area contributed by atoms with Crippen LogP contribution in [0.2, 0.25) is 0 Å². The smallest absolute Gasteiger partial charge is 0.0841 e. The van der Waals surface area contributed by atoms with Gasteiger partial charge in [0.1, 0.15) is 0 Å². The van der Waals surface area contributed by atoms with Crippen molar-refractivity contribution in [1.29, 1.82) is 0 Å². The molecule has 1 aliphatic rings. The molecule has 0 aromatic heterocycles. The van der Waals surface area contributed by atoms with Crippen LogP contribution in [0.15, 0.2) is 0 Å². The van der Waals surface area contributed by atoms with Crippen molar-refractivity contribution in [1.82, 2.24) is 5.32 Å². The highest BCUT2D eigenvalue weighted by atomic mass is 32.2. The van der Waals surface area contributed by atoms with Gasteiger partial charge in [-0.05, 0) is 19.4 Å². The average Bonchev–Trinajstić information content (AvgIpc) is 2.35. The van der Waals surface area contributed by atoms with E-state index in [1.165, 1.54) is 0 Å². The molecule has 1 N–H and O–H groups in total. The lowest BCUT2D eigenvalue weighted by molar-refractivity contribution is 0.0103. The standard InChI is InChI=1S/C12H25NO2S/c1-3-5-13-11(9-14-6-4-2)12-10-16-8-7-15-12/h11-13H,3-10H2,1-2H3. The fourth-order valence-corrected chi connectivity index (χ4v) is 2.66. The zero-order chi connectivity index (χ0) is 11.6. The molecule has 0 radical (unpaired) electrons. The summed E-state index contributed by atoms with van der Waals surface area (Å²) in [6.07, 6.45) is 2.56. The minimum absolute atomic E-state index is 0.321. The average molecular weight is 247 g/mol. The van der Waals surface area contributed by atoms with Crippen molar-refractivity contribution < 1.29 is 9.47 Å². The third-order valence-electron chi connectivity index (χ3n) is 2.59. The highest BCUT2D eigenvalue weighted by molar-refractivity contribution is 7.99. The first kappa shape index (κ1) is 14.3. The second kappa shape index (κ2) is 9.28. The Kier molecular flexibility index (Phi) is 8.29. The quantitative estimate of drug-likeness (QED) is 0.664. The van der Waals surface area contributed by atoms with E-state index in [1.807, 2.05) is 11.8 Å². The maximum Gasteiger partial charge on any atom is 0.0841 e. The van der Waals surface area contributed by atoms with Gasteiger partial charge >= 0.3 is 0 Å². The van der Waals surface area contributed by atoms with Gasteiger partial charge in [-0.2, -0.15) is 11.8 Å². The molecule has 0 aliphatic carbocycles. The summed E-state index contributed by atoms with van der Waals surface area (Å²) in [6.45, 7) is 7.89. The summed E-state index contributed by atoms with van der Waals surface area (Å²) in [4.78, 5) is 0. The lowest BCUT2D eigenvalue weighted by Crippen LogP contribution is -2.48. The van der Waals surface area contributed by atoms with Crippen LogP contribution in [-0.2, 0) is 9.47 Å². The molecule has 1 saturated heterocycles. The summed E-state index contributed by atoms with van der Waals surface area (Å²) >= 11 is 1.98. The molecule has 1 heterocycles. The second-order valence-corrected chi connectivity index (χ2v) is 5.27. The first-order valence-corrected chi connectivity index (χ1v) is 7.54. The molecule has 2 unspecified atom stereocenters. The summed E-state index contributed by atoms with van der Waals surface area (Å²) in [5.74, 6) is 2.23. The minimum atomic E-state index is 0.321. The molecule has 3 nitrogen and oxygen atoms in total. The van der Waals surface area contributed by atoms with Gasteiger partial charge in [-0.1, -0.05) is 13.8 Å². The van der Waals surface area contributed by atoms with E-state index in [9.17, 15) is 0 Å². The summed E-state index contributed by atoms with van der Waals surface area (Å²) in [5, 5.41) is 3.53. The van der Waals surface area contributed by atoms with Gasteiger partial charge in [0.25, 0.3) is 0 Å². The predicted octanol–water partition coefficient (Wildman–Crippen LogP) is 1.91. The van der Waals surface area contributed by atoms with Crippen LogP contribution in [0.3, 0.4) is 0 Å². The first-order valence-electron chi connectivity index (χ1n) is 6.39. The third kappa shape index (κ3) is 5.53. The van der Waals surface area contributed by atoms with E-state index in [0.717, 1.165) is 50.7 Å². The number of thioether (sulfide) groups is 1. The molecule has 16 heavy (non-hydrogen) atoms. The normalized spacial score (nSPS) is 23.2. The van der Waals surface area contributed by atoms with E-state index in [2.05, 4.69) is 19.2 Å². The summed E-state index contributed by atoms with van der Waals surface area (Å²) in [7, 11) is 0. The SMILES string of the molecule is CCCNC(COCCC)C1CSCCO1. The van der Waals surface area contributed by atoms with Crippen molar-refractivity contribution in [3.63, 3.8) is 0 Å². The van der Waals surface area contributed by atoms with Gasteiger partial charge in [0, 0.05) is 18.1 Å². The van der Waals surface area contributed by atoms with Crippen LogP contribution in [0.5, 0.6) is 0 Å². The van der Waals surface area contributed by atoms with Crippen LogP contribution >= 0.6 is 11.8 Å². The van der Waals surface area contributed by atoms with Crippen LogP contribution in [0.4, 0.5) is 0 Å². The van der Waals surface area contributed by atoms with Crippen LogP contribution in [0.1, 0.15) is 26.7 Å². The van der Waals surface area contributed by atoms with E-state index in [-0.39, 0.29) is 0 Å². The largest absolute Gasteiger partial charge is 0.380 e. The molecule has 1 rings (SSSR count). The van der Waals surface area contributed by atoms with Crippen LogP contribution in [-0.4, -0.2) is 50.0 Å². The molecular formula is C12H25NO2S. The van der Waals surface area contributed by atoms with Gasteiger partial charge in [-0.3, -0.25) is 0 Å². The third-order valence-corrected chi connectivity index (χ3v) is 3.61. The number of hydrogen-bond acceptors (Lipinski definition) is 4. The molecule has 1 fully saturated rings. The van der Waals surface area contributed by atoms with Crippen molar-refractivity contribution in [2.45, 2.75) is 38.8 Å². The van der Waals surface area contributed by atoms with Crippen molar-refractivity contribution in [3.05, 3.63) is 0 Å². The molecule has 0 bridgehead atoms. The van der Waals surface area contributed by atoms with Crippen molar-refractivity contribution >= 4 is 11.8 Å². The first-order chi connectivity index (χ1) is 7.88. The van der Waals surface area contributed by atoms with Gasteiger partial charge in [-0.15, -0.1) is 0 Å². The van der Waals surface area contributed by atoms with Gasteiger partial charge in [0.15, 0.2) is 0 Å². The molecule has 0 saturated carbocycles. The molecule has 0 amide bonds. The van der Waals surface area contributed by atoms with E-state index in [1.54, 1.807) is 0 Å². The monoisotopic (exact) mass is 247 g/mol. The van der Waals surface area contributed by atoms with Crippen molar-refractivity contribution in [2.75, 3.05) is 37.9 Å². The molecule has 0 aromatic rings. The van der Waals surface area contributed by atoms with Gasteiger partial charge in [-0.25, -0.2) is 0 Å². The Morgan fingerprint density at radius 3 is 2.94 bits per heavy atom. The van der Waals surface area contributed by atoms with Gasteiger partial charge in [0.05, 0.1) is 25.4 Å². The molecule has 0 aromatic carbocycles. The molecule has 1 aliphatic heterocycles. The van der Waals surface area contributed by atoms with Crippen LogP contribution in [0, 0.1) is 0 Å². The zero-order valence-electron chi connectivity index (χ0n) is 10.5. The fourth-order valence-electron chi connectivity index (χ4n) is 1.72. The number of nitrogens with one attached hydrogen (secondary N) is 1. The van der Waals surface area contributed by atoms with E-state index >= 15 is 0 Å². The molecular weight excluding hydrogens is 222 g/mol. The number of hydrogen-bond donors (Lipinski definition) is 1. The summed E-state index contributed by atoms with van der Waals surface area (Å²) in [5.41, 5.74) is 0. The Hall–Kier alpha value is 0.230. The van der Waals surface area contributed by atoms with E-state index in [0.29, 0.717) is 12.1 Å². The van der Waals surface area contributed by atoms with Crippen molar-refractivity contribution in [3.8, 4) is 0 Å². The maximum atomic E-state index is 5.80.